The largest absolute Gasteiger partial charge is 0.493 e. The molecule has 0 spiro atoms. The number of para-hydroxylation sites is 1. The Morgan fingerprint density at radius 3 is 2.84 bits per heavy atom. The van der Waals surface area contributed by atoms with Crippen molar-refractivity contribution >= 4 is 17.5 Å². The molecule has 0 saturated carbocycles. The molecule has 3 rings (SSSR count). The molecule has 2 heterocycles. The summed E-state index contributed by atoms with van der Waals surface area (Å²) >= 11 is 0. The van der Waals surface area contributed by atoms with Gasteiger partial charge >= 0.3 is 0 Å². The monoisotopic (exact) mass is 341 g/mol. The minimum atomic E-state index is -0.513. The van der Waals surface area contributed by atoms with Gasteiger partial charge in [-0.2, -0.15) is 0 Å². The van der Waals surface area contributed by atoms with Gasteiger partial charge in [0.25, 0.3) is 5.91 Å². The van der Waals surface area contributed by atoms with Crippen LogP contribution in [-0.2, 0) is 4.79 Å². The van der Waals surface area contributed by atoms with Crippen molar-refractivity contribution in [2.45, 2.75) is 32.8 Å². The van der Waals surface area contributed by atoms with Crippen LogP contribution in [0.25, 0.3) is 0 Å². The topological polar surface area (TPSA) is 77.7 Å². The van der Waals surface area contributed by atoms with Crippen LogP contribution in [-0.4, -0.2) is 30.1 Å². The number of nitrogen functional groups attached to an aromatic ring is 1. The Bertz CT molecular complexity index is 763. The maximum Gasteiger partial charge on any atom is 0.269 e. The Kier molecular flexibility index (Phi) is 5.07. The van der Waals surface area contributed by atoms with Crippen molar-refractivity contribution in [3.8, 4) is 11.5 Å². The van der Waals surface area contributed by atoms with Crippen LogP contribution >= 0.6 is 0 Å². The van der Waals surface area contributed by atoms with Crippen LogP contribution in [0.3, 0.4) is 0 Å². The number of aryl methyl sites for hydroxylation is 1. The summed E-state index contributed by atoms with van der Waals surface area (Å²) in [5, 5.41) is 0. The van der Waals surface area contributed by atoms with Gasteiger partial charge in [-0.15, -0.1) is 0 Å². The fourth-order valence-electron chi connectivity index (χ4n) is 2.79. The number of anilines is 2. The number of carbonyl (C=O) groups excluding carboxylic acids is 1. The summed E-state index contributed by atoms with van der Waals surface area (Å²) in [5.74, 6) is 2.28. The number of nitrogens with zero attached hydrogens (tertiary/aromatic N) is 2. The second-order valence-corrected chi connectivity index (χ2v) is 6.13. The summed E-state index contributed by atoms with van der Waals surface area (Å²) < 4.78 is 11.4. The highest BCUT2D eigenvalue weighted by Gasteiger charge is 2.32. The SMILES string of the molecule is Cc1ccccc1OCCCCN1C(=O)C(C)Oc2ccc(N)nc21. The fourth-order valence-corrected chi connectivity index (χ4v) is 2.79. The van der Waals surface area contributed by atoms with Crippen molar-refractivity contribution in [3.63, 3.8) is 0 Å². The molecule has 6 heteroatoms. The van der Waals surface area contributed by atoms with E-state index in [2.05, 4.69) is 4.98 Å². The van der Waals surface area contributed by atoms with Gasteiger partial charge in [-0.25, -0.2) is 4.98 Å². The molecule has 0 saturated heterocycles. The number of pyridine rings is 1. The van der Waals surface area contributed by atoms with Gasteiger partial charge in [-0.05, 0) is 50.5 Å². The third-order valence-corrected chi connectivity index (χ3v) is 4.16. The van der Waals surface area contributed by atoms with Crippen molar-refractivity contribution in [3.05, 3.63) is 42.0 Å². The number of nitrogens with two attached hydrogens (primary N) is 1. The Labute approximate surface area is 147 Å². The number of carbonyl (C=O) groups is 1. The first-order valence-electron chi connectivity index (χ1n) is 8.49. The van der Waals surface area contributed by atoms with Gasteiger partial charge in [0, 0.05) is 6.54 Å². The van der Waals surface area contributed by atoms with E-state index in [1.807, 2.05) is 31.2 Å². The van der Waals surface area contributed by atoms with E-state index in [0.717, 1.165) is 24.2 Å². The van der Waals surface area contributed by atoms with E-state index in [4.69, 9.17) is 15.2 Å². The molecule has 0 fully saturated rings. The molecule has 0 radical (unpaired) electrons. The van der Waals surface area contributed by atoms with E-state index in [-0.39, 0.29) is 5.91 Å². The quantitative estimate of drug-likeness (QED) is 0.817. The summed E-state index contributed by atoms with van der Waals surface area (Å²) in [6.45, 7) is 4.94. The molecule has 1 aliphatic rings. The van der Waals surface area contributed by atoms with Crippen molar-refractivity contribution in [1.82, 2.24) is 4.98 Å². The zero-order valence-corrected chi connectivity index (χ0v) is 14.6. The molecule has 132 valence electrons. The molecule has 1 aliphatic heterocycles. The number of unbranched alkanes of at least 4 members (excludes halogenated alkanes) is 1. The number of benzene rings is 1. The van der Waals surface area contributed by atoms with Crippen molar-refractivity contribution < 1.29 is 14.3 Å². The van der Waals surface area contributed by atoms with Crippen molar-refractivity contribution in [2.75, 3.05) is 23.8 Å². The molecule has 0 aliphatic carbocycles. The molecule has 1 amide bonds. The molecule has 25 heavy (non-hydrogen) atoms. The van der Waals surface area contributed by atoms with Crippen molar-refractivity contribution in [1.29, 1.82) is 0 Å². The first kappa shape index (κ1) is 17.1. The van der Waals surface area contributed by atoms with Gasteiger partial charge in [0.2, 0.25) is 0 Å². The Hall–Kier alpha value is -2.76. The highest BCUT2D eigenvalue weighted by atomic mass is 16.5. The van der Waals surface area contributed by atoms with Crippen LogP contribution in [0.1, 0.15) is 25.3 Å². The lowest BCUT2D eigenvalue weighted by Crippen LogP contribution is -2.45. The Morgan fingerprint density at radius 1 is 1.24 bits per heavy atom. The Morgan fingerprint density at radius 2 is 2.04 bits per heavy atom. The minimum Gasteiger partial charge on any atom is -0.493 e. The molecular formula is C19H23N3O3. The van der Waals surface area contributed by atoms with Gasteiger partial charge in [0.1, 0.15) is 11.6 Å². The summed E-state index contributed by atoms with van der Waals surface area (Å²) in [6, 6.07) is 11.4. The number of amides is 1. The Balaban J connectivity index is 1.56. The molecule has 0 bridgehead atoms. The van der Waals surface area contributed by atoms with Crippen LogP contribution in [0, 0.1) is 6.92 Å². The predicted octanol–water partition coefficient (Wildman–Crippen LogP) is 2.95. The van der Waals surface area contributed by atoms with Gasteiger partial charge < -0.3 is 15.2 Å². The second-order valence-electron chi connectivity index (χ2n) is 6.13. The first-order valence-corrected chi connectivity index (χ1v) is 8.49. The molecular weight excluding hydrogens is 318 g/mol. The summed E-state index contributed by atoms with van der Waals surface area (Å²) in [6.07, 6.45) is 1.13. The van der Waals surface area contributed by atoms with Crippen LogP contribution in [0.5, 0.6) is 11.5 Å². The lowest BCUT2D eigenvalue weighted by molar-refractivity contribution is -0.125. The predicted molar refractivity (Wildman–Crippen MR) is 97.0 cm³/mol. The summed E-state index contributed by atoms with van der Waals surface area (Å²) in [5.41, 5.74) is 6.87. The molecule has 2 aromatic rings. The number of fused-ring (bicyclic) bond motifs is 1. The number of hydrogen-bond acceptors (Lipinski definition) is 5. The molecule has 1 aromatic heterocycles. The maximum atomic E-state index is 12.4. The van der Waals surface area contributed by atoms with E-state index in [9.17, 15) is 4.79 Å². The lowest BCUT2D eigenvalue weighted by Gasteiger charge is -2.32. The van der Waals surface area contributed by atoms with E-state index < -0.39 is 6.10 Å². The van der Waals surface area contributed by atoms with Gasteiger partial charge in [0.15, 0.2) is 17.7 Å². The molecule has 6 nitrogen and oxygen atoms in total. The van der Waals surface area contributed by atoms with E-state index in [1.54, 1.807) is 24.0 Å². The van der Waals surface area contributed by atoms with Gasteiger partial charge in [0.05, 0.1) is 6.61 Å². The standard InChI is InChI=1S/C19H23N3O3/c1-13-7-3-4-8-15(13)24-12-6-5-11-22-18-16(9-10-17(20)21-18)25-14(2)19(22)23/h3-4,7-10,14H,5-6,11-12H2,1-2H3,(H2,20,21). The number of ether oxygens (including phenoxy) is 2. The smallest absolute Gasteiger partial charge is 0.269 e. The highest BCUT2D eigenvalue weighted by Crippen LogP contribution is 2.33. The van der Waals surface area contributed by atoms with E-state index >= 15 is 0 Å². The number of rotatable bonds is 6. The fraction of sp³-hybridized carbons (Fsp3) is 0.368. The molecule has 2 N–H and O–H groups in total. The zero-order chi connectivity index (χ0) is 17.8. The highest BCUT2D eigenvalue weighted by molar-refractivity contribution is 5.98. The van der Waals surface area contributed by atoms with E-state index in [1.165, 1.54) is 0 Å². The normalized spacial score (nSPS) is 16.3. The van der Waals surface area contributed by atoms with Gasteiger partial charge in [-0.1, -0.05) is 18.2 Å². The average Bonchev–Trinajstić information content (AvgIpc) is 2.60. The first-order chi connectivity index (χ1) is 12.1. The van der Waals surface area contributed by atoms with Crippen LogP contribution in [0.15, 0.2) is 36.4 Å². The van der Waals surface area contributed by atoms with Crippen LogP contribution in [0.4, 0.5) is 11.6 Å². The average molecular weight is 341 g/mol. The number of aromatic nitrogens is 1. The minimum absolute atomic E-state index is 0.0922. The molecule has 1 atom stereocenters. The van der Waals surface area contributed by atoms with Gasteiger partial charge in [-0.3, -0.25) is 9.69 Å². The van der Waals surface area contributed by atoms with Crippen LogP contribution < -0.4 is 20.1 Å². The third-order valence-electron chi connectivity index (χ3n) is 4.16. The molecule has 1 aromatic carbocycles. The van der Waals surface area contributed by atoms with Crippen molar-refractivity contribution in [2.24, 2.45) is 0 Å². The molecule has 1 unspecified atom stereocenters. The van der Waals surface area contributed by atoms with E-state index in [0.29, 0.717) is 30.5 Å². The van der Waals surface area contributed by atoms with Crippen LogP contribution in [0.2, 0.25) is 0 Å². The second kappa shape index (κ2) is 7.42. The summed E-state index contributed by atoms with van der Waals surface area (Å²) in [4.78, 5) is 18.3. The number of hydrogen-bond donors (Lipinski definition) is 1. The zero-order valence-electron chi connectivity index (χ0n) is 14.6. The third kappa shape index (κ3) is 3.84. The lowest BCUT2D eigenvalue weighted by atomic mass is 10.2. The summed E-state index contributed by atoms with van der Waals surface area (Å²) in [7, 11) is 0. The maximum absolute atomic E-state index is 12.4.